The van der Waals surface area contributed by atoms with Crippen molar-refractivity contribution in [2.24, 2.45) is 5.92 Å². The monoisotopic (exact) mass is 278 g/mol. The van der Waals surface area contributed by atoms with E-state index < -0.39 is 16.2 Å². The van der Waals surface area contributed by atoms with E-state index in [2.05, 4.69) is 0 Å². The van der Waals surface area contributed by atoms with Crippen LogP contribution in [0.15, 0.2) is 0 Å². The van der Waals surface area contributed by atoms with Crippen LogP contribution in [0.3, 0.4) is 0 Å². The smallest absolute Gasteiger partial charge is 0.304 e. The quantitative estimate of drug-likeness (QED) is 0.711. The van der Waals surface area contributed by atoms with E-state index in [1.165, 1.54) is 17.8 Å². The molecule has 0 aromatic carbocycles. The summed E-state index contributed by atoms with van der Waals surface area (Å²) in [6, 6.07) is 0. The normalized spacial score (nSPS) is 17.1. The Kier molecular flexibility index (Phi) is 5.55. The van der Waals surface area contributed by atoms with E-state index in [-0.39, 0.29) is 13.0 Å². The first kappa shape index (κ1) is 15.4. The van der Waals surface area contributed by atoms with Gasteiger partial charge < -0.3 is 5.11 Å². The highest BCUT2D eigenvalue weighted by atomic mass is 32.2. The summed E-state index contributed by atoms with van der Waals surface area (Å²) in [6.45, 7) is 2.80. The third-order valence-electron chi connectivity index (χ3n) is 3.40. The van der Waals surface area contributed by atoms with Crippen molar-refractivity contribution in [2.45, 2.75) is 32.6 Å². The van der Waals surface area contributed by atoms with Crippen molar-refractivity contribution in [3.05, 3.63) is 0 Å². The topological polar surface area (TPSA) is 77.9 Å². The number of hydrogen-bond acceptors (Lipinski definition) is 3. The van der Waals surface area contributed by atoms with Gasteiger partial charge in [-0.3, -0.25) is 4.79 Å². The second-order valence-corrected chi connectivity index (χ2v) is 6.76. The molecule has 0 unspecified atom stereocenters. The van der Waals surface area contributed by atoms with Crippen LogP contribution < -0.4 is 0 Å². The van der Waals surface area contributed by atoms with E-state index in [0.29, 0.717) is 19.0 Å². The van der Waals surface area contributed by atoms with E-state index in [9.17, 15) is 13.2 Å². The molecular formula is C11H22N2O4S. The Morgan fingerprint density at radius 1 is 1.39 bits per heavy atom. The van der Waals surface area contributed by atoms with Gasteiger partial charge in [-0.2, -0.15) is 17.0 Å². The van der Waals surface area contributed by atoms with E-state index in [1.54, 1.807) is 6.92 Å². The Balaban J connectivity index is 2.59. The fourth-order valence-electron chi connectivity index (χ4n) is 1.92. The predicted octanol–water partition coefficient (Wildman–Crippen LogP) is 0.760. The van der Waals surface area contributed by atoms with Crippen LogP contribution in [0.2, 0.25) is 0 Å². The summed E-state index contributed by atoms with van der Waals surface area (Å²) in [6.07, 6.45) is 3.18. The molecule has 1 saturated carbocycles. The van der Waals surface area contributed by atoms with Crippen molar-refractivity contribution in [1.29, 1.82) is 0 Å². The van der Waals surface area contributed by atoms with Gasteiger partial charge in [0.05, 0.1) is 6.42 Å². The second kappa shape index (κ2) is 6.49. The highest BCUT2D eigenvalue weighted by Gasteiger charge is 2.30. The molecule has 1 aliphatic rings. The molecule has 7 heteroatoms. The third kappa shape index (κ3) is 3.93. The third-order valence-corrected chi connectivity index (χ3v) is 5.43. The van der Waals surface area contributed by atoms with Gasteiger partial charge in [-0.05, 0) is 18.8 Å². The average molecular weight is 278 g/mol. The zero-order valence-electron chi connectivity index (χ0n) is 11.0. The van der Waals surface area contributed by atoms with Crippen molar-refractivity contribution in [3.63, 3.8) is 0 Å². The molecule has 1 rings (SSSR count). The standard InChI is InChI=1S/C11H22N2O4S/c1-3-13(9-10-5-4-6-10)18(16,17)12(2)8-7-11(14)15/h10H,3-9H2,1-2H3,(H,14,15). The van der Waals surface area contributed by atoms with Gasteiger partial charge in [-0.15, -0.1) is 0 Å². The first-order valence-electron chi connectivity index (χ1n) is 6.31. The van der Waals surface area contributed by atoms with Crippen LogP contribution in [0.25, 0.3) is 0 Å². The summed E-state index contributed by atoms with van der Waals surface area (Å²) < 4.78 is 27.0. The number of carboxylic acids is 1. The number of nitrogens with zero attached hydrogens (tertiary/aromatic N) is 2. The average Bonchev–Trinajstić information content (AvgIpc) is 2.23. The SMILES string of the molecule is CCN(CC1CCC1)S(=O)(=O)N(C)CCC(=O)O. The first-order chi connectivity index (χ1) is 8.37. The second-order valence-electron chi connectivity index (χ2n) is 4.72. The Morgan fingerprint density at radius 2 is 2.00 bits per heavy atom. The van der Waals surface area contributed by atoms with Gasteiger partial charge in [0.2, 0.25) is 0 Å². The van der Waals surface area contributed by atoms with Crippen LogP contribution in [0.4, 0.5) is 0 Å². The maximum atomic E-state index is 12.2. The van der Waals surface area contributed by atoms with Crippen molar-refractivity contribution in [2.75, 3.05) is 26.7 Å². The molecule has 0 aliphatic heterocycles. The Morgan fingerprint density at radius 3 is 2.39 bits per heavy atom. The van der Waals surface area contributed by atoms with Crippen molar-refractivity contribution in [3.8, 4) is 0 Å². The first-order valence-corrected chi connectivity index (χ1v) is 7.70. The number of hydrogen-bond donors (Lipinski definition) is 1. The molecule has 0 bridgehead atoms. The maximum Gasteiger partial charge on any atom is 0.304 e. The largest absolute Gasteiger partial charge is 0.481 e. The number of carboxylic acid groups (broad SMARTS) is 1. The van der Waals surface area contributed by atoms with Crippen LogP contribution in [0, 0.1) is 5.92 Å². The molecule has 6 nitrogen and oxygen atoms in total. The van der Waals surface area contributed by atoms with Gasteiger partial charge in [0, 0.05) is 26.7 Å². The molecule has 0 spiro atoms. The molecule has 0 aromatic rings. The summed E-state index contributed by atoms with van der Waals surface area (Å²) in [4.78, 5) is 10.5. The lowest BCUT2D eigenvalue weighted by atomic mass is 9.85. The minimum Gasteiger partial charge on any atom is -0.481 e. The number of aliphatic carboxylic acids is 1. The van der Waals surface area contributed by atoms with Crippen LogP contribution in [0.5, 0.6) is 0 Å². The highest BCUT2D eigenvalue weighted by Crippen LogP contribution is 2.28. The van der Waals surface area contributed by atoms with Crippen molar-refractivity contribution < 1.29 is 18.3 Å². The lowest BCUT2D eigenvalue weighted by Gasteiger charge is -2.33. The summed E-state index contributed by atoms with van der Waals surface area (Å²) in [7, 11) is -2.08. The zero-order chi connectivity index (χ0) is 13.8. The highest BCUT2D eigenvalue weighted by molar-refractivity contribution is 7.86. The van der Waals surface area contributed by atoms with Gasteiger partial charge in [-0.25, -0.2) is 0 Å². The van der Waals surface area contributed by atoms with Crippen LogP contribution >= 0.6 is 0 Å². The predicted molar refractivity (Wildman–Crippen MR) is 68.4 cm³/mol. The molecule has 0 aromatic heterocycles. The van der Waals surface area contributed by atoms with Gasteiger partial charge in [0.15, 0.2) is 0 Å². The summed E-state index contributed by atoms with van der Waals surface area (Å²) in [5, 5.41) is 8.58. The van der Waals surface area contributed by atoms with Crippen LogP contribution in [0.1, 0.15) is 32.6 Å². The van der Waals surface area contributed by atoms with Gasteiger partial charge >= 0.3 is 5.97 Å². The molecule has 0 saturated heterocycles. The minimum atomic E-state index is -3.51. The fourth-order valence-corrected chi connectivity index (χ4v) is 3.36. The zero-order valence-corrected chi connectivity index (χ0v) is 11.8. The maximum absolute atomic E-state index is 12.2. The van der Waals surface area contributed by atoms with Crippen LogP contribution in [-0.2, 0) is 15.0 Å². The summed E-state index contributed by atoms with van der Waals surface area (Å²) in [5.41, 5.74) is 0. The molecule has 18 heavy (non-hydrogen) atoms. The Bertz CT molecular complexity index is 379. The van der Waals surface area contributed by atoms with E-state index >= 15 is 0 Å². The van der Waals surface area contributed by atoms with Crippen molar-refractivity contribution >= 4 is 16.2 Å². The Hall–Kier alpha value is -0.660. The Labute approximate surface area is 109 Å². The molecule has 106 valence electrons. The lowest BCUT2D eigenvalue weighted by molar-refractivity contribution is -0.137. The molecule has 0 heterocycles. The van der Waals surface area contributed by atoms with E-state index in [4.69, 9.17) is 5.11 Å². The van der Waals surface area contributed by atoms with Gasteiger partial charge in [0.25, 0.3) is 10.2 Å². The van der Waals surface area contributed by atoms with E-state index in [1.807, 2.05) is 0 Å². The van der Waals surface area contributed by atoms with Gasteiger partial charge in [0.1, 0.15) is 0 Å². The van der Waals surface area contributed by atoms with E-state index in [0.717, 1.165) is 17.1 Å². The molecule has 0 atom stereocenters. The van der Waals surface area contributed by atoms with Crippen LogP contribution in [-0.4, -0.2) is 54.8 Å². The fraction of sp³-hybridized carbons (Fsp3) is 0.909. The molecular weight excluding hydrogens is 256 g/mol. The van der Waals surface area contributed by atoms with Gasteiger partial charge in [-0.1, -0.05) is 13.3 Å². The molecule has 0 amide bonds. The molecule has 1 fully saturated rings. The molecule has 1 N–H and O–H groups in total. The number of carbonyl (C=O) groups is 1. The molecule has 0 radical (unpaired) electrons. The minimum absolute atomic E-state index is 0.0127. The summed E-state index contributed by atoms with van der Waals surface area (Å²) >= 11 is 0. The lowest BCUT2D eigenvalue weighted by Crippen LogP contribution is -2.45. The van der Waals surface area contributed by atoms with Crippen molar-refractivity contribution in [1.82, 2.24) is 8.61 Å². The summed E-state index contributed by atoms with van der Waals surface area (Å²) in [5.74, 6) is -0.522. The molecule has 1 aliphatic carbocycles. The number of rotatable bonds is 8.